The Balaban J connectivity index is 2.22. The summed E-state index contributed by atoms with van der Waals surface area (Å²) in [6, 6.07) is 2.21. The maximum atomic E-state index is 13.8. The maximum Gasteiger partial charge on any atom is 0.130 e. The number of hydrogen-bond acceptors (Lipinski definition) is 1. The molecule has 1 nitrogen and oxygen atoms in total. The number of nitrogens with two attached hydrogens (primary N) is 1. The molecule has 0 spiro atoms. The van der Waals surface area contributed by atoms with Crippen molar-refractivity contribution in [3.63, 3.8) is 0 Å². The third-order valence-electron chi connectivity index (χ3n) is 4.12. The van der Waals surface area contributed by atoms with Gasteiger partial charge in [-0.1, -0.05) is 19.8 Å². The molecule has 2 rings (SSSR count). The summed E-state index contributed by atoms with van der Waals surface area (Å²) in [4.78, 5) is 0. The van der Waals surface area contributed by atoms with E-state index in [4.69, 9.17) is 5.73 Å². The van der Waals surface area contributed by atoms with Crippen LogP contribution in [0.1, 0.15) is 49.8 Å². The van der Waals surface area contributed by atoms with Crippen molar-refractivity contribution < 1.29 is 8.78 Å². The average Bonchev–Trinajstić information content (AvgIpc) is 2.33. The maximum absolute atomic E-state index is 13.8. The second-order valence-corrected chi connectivity index (χ2v) is 5.68. The van der Waals surface area contributed by atoms with E-state index in [9.17, 15) is 8.78 Å². The van der Waals surface area contributed by atoms with E-state index >= 15 is 0 Å². The van der Waals surface area contributed by atoms with E-state index in [2.05, 4.69) is 6.92 Å². The van der Waals surface area contributed by atoms with Gasteiger partial charge in [0, 0.05) is 17.7 Å². The highest BCUT2D eigenvalue weighted by Crippen LogP contribution is 2.36. The van der Waals surface area contributed by atoms with Gasteiger partial charge in [0.2, 0.25) is 0 Å². The monoisotopic (exact) mass is 253 g/mol. The van der Waals surface area contributed by atoms with Crippen molar-refractivity contribution in [1.29, 1.82) is 0 Å². The Kier molecular flexibility index (Phi) is 4.00. The molecule has 0 aromatic heterocycles. The number of halogens is 2. The molecule has 1 aromatic rings. The van der Waals surface area contributed by atoms with Gasteiger partial charge in [0.1, 0.15) is 11.6 Å². The van der Waals surface area contributed by atoms with Crippen LogP contribution in [0.15, 0.2) is 12.1 Å². The normalized spacial score (nSPS) is 26.1. The predicted octanol–water partition coefficient (Wildman–Crippen LogP) is 4.10. The van der Waals surface area contributed by atoms with Gasteiger partial charge >= 0.3 is 0 Å². The Morgan fingerprint density at radius 1 is 1.22 bits per heavy atom. The smallest absolute Gasteiger partial charge is 0.130 e. The molecular formula is C15H21F2N. The van der Waals surface area contributed by atoms with Gasteiger partial charge < -0.3 is 5.73 Å². The molecule has 1 fully saturated rings. The van der Waals surface area contributed by atoms with Crippen molar-refractivity contribution in [2.24, 2.45) is 17.6 Å². The molecule has 1 aliphatic carbocycles. The van der Waals surface area contributed by atoms with Crippen molar-refractivity contribution >= 4 is 0 Å². The standard InChI is InChI=1S/C15H21F2N/c1-9-4-3-5-11(6-9)15(18)12-7-10(2)13(16)8-14(12)17/h7-9,11,15H,3-6,18H2,1-2H3. The lowest BCUT2D eigenvalue weighted by atomic mass is 9.77. The topological polar surface area (TPSA) is 26.0 Å². The fraction of sp³-hybridized carbons (Fsp3) is 0.600. The first-order valence-corrected chi connectivity index (χ1v) is 6.70. The number of rotatable bonds is 2. The van der Waals surface area contributed by atoms with Crippen LogP contribution < -0.4 is 5.73 Å². The van der Waals surface area contributed by atoms with Gasteiger partial charge in [-0.05, 0) is 43.2 Å². The van der Waals surface area contributed by atoms with Crippen LogP contribution in [-0.2, 0) is 0 Å². The number of benzene rings is 1. The zero-order chi connectivity index (χ0) is 13.3. The highest BCUT2D eigenvalue weighted by Gasteiger charge is 2.27. The predicted molar refractivity (Wildman–Crippen MR) is 69.1 cm³/mol. The molecule has 3 heteroatoms. The Hall–Kier alpha value is -0.960. The molecule has 0 amide bonds. The molecule has 18 heavy (non-hydrogen) atoms. The summed E-state index contributed by atoms with van der Waals surface area (Å²) in [5.74, 6) is -0.0446. The van der Waals surface area contributed by atoms with Crippen molar-refractivity contribution in [2.45, 2.75) is 45.6 Å². The third kappa shape index (κ3) is 2.72. The number of aryl methyl sites for hydroxylation is 1. The van der Waals surface area contributed by atoms with Crippen LogP contribution >= 0.6 is 0 Å². The summed E-state index contributed by atoms with van der Waals surface area (Å²) < 4.78 is 27.1. The van der Waals surface area contributed by atoms with Crippen molar-refractivity contribution in [2.75, 3.05) is 0 Å². The van der Waals surface area contributed by atoms with Crippen LogP contribution in [0.25, 0.3) is 0 Å². The van der Waals surface area contributed by atoms with E-state index in [1.807, 2.05) is 0 Å². The summed E-state index contributed by atoms with van der Waals surface area (Å²) >= 11 is 0. The minimum absolute atomic E-state index is 0.313. The van der Waals surface area contributed by atoms with E-state index in [0.29, 0.717) is 23.0 Å². The fourth-order valence-corrected chi connectivity index (χ4v) is 3.00. The van der Waals surface area contributed by atoms with Gasteiger partial charge in [-0.25, -0.2) is 8.78 Å². The van der Waals surface area contributed by atoms with Crippen LogP contribution in [0.4, 0.5) is 8.78 Å². The van der Waals surface area contributed by atoms with Crippen LogP contribution in [0.2, 0.25) is 0 Å². The Morgan fingerprint density at radius 2 is 1.94 bits per heavy atom. The molecule has 1 aliphatic rings. The Bertz CT molecular complexity index is 431. The van der Waals surface area contributed by atoms with Crippen molar-refractivity contribution in [3.8, 4) is 0 Å². The second kappa shape index (κ2) is 5.35. The number of hydrogen-bond donors (Lipinski definition) is 1. The molecule has 0 saturated heterocycles. The van der Waals surface area contributed by atoms with Gasteiger partial charge in [-0.15, -0.1) is 0 Å². The van der Waals surface area contributed by atoms with Crippen LogP contribution in [0.3, 0.4) is 0 Å². The Morgan fingerprint density at radius 3 is 2.61 bits per heavy atom. The Labute approximate surface area is 107 Å². The van der Waals surface area contributed by atoms with E-state index < -0.39 is 11.6 Å². The summed E-state index contributed by atoms with van der Waals surface area (Å²) in [6.07, 6.45) is 4.47. The molecule has 0 radical (unpaired) electrons. The summed E-state index contributed by atoms with van der Waals surface area (Å²) in [5.41, 5.74) is 7.12. The zero-order valence-electron chi connectivity index (χ0n) is 11.0. The third-order valence-corrected chi connectivity index (χ3v) is 4.12. The van der Waals surface area contributed by atoms with Crippen LogP contribution in [0.5, 0.6) is 0 Å². The minimum Gasteiger partial charge on any atom is -0.324 e. The highest BCUT2D eigenvalue weighted by molar-refractivity contribution is 5.28. The van der Waals surface area contributed by atoms with Crippen LogP contribution in [-0.4, -0.2) is 0 Å². The lowest BCUT2D eigenvalue weighted by molar-refractivity contribution is 0.245. The van der Waals surface area contributed by atoms with E-state index in [1.165, 1.54) is 6.42 Å². The largest absolute Gasteiger partial charge is 0.324 e. The van der Waals surface area contributed by atoms with Crippen molar-refractivity contribution in [3.05, 3.63) is 34.9 Å². The van der Waals surface area contributed by atoms with Crippen molar-refractivity contribution in [1.82, 2.24) is 0 Å². The molecule has 1 aromatic carbocycles. The summed E-state index contributed by atoms with van der Waals surface area (Å²) in [6.45, 7) is 3.86. The quantitative estimate of drug-likeness (QED) is 0.843. The first-order valence-electron chi connectivity index (χ1n) is 6.70. The van der Waals surface area contributed by atoms with Gasteiger partial charge in [-0.3, -0.25) is 0 Å². The molecule has 3 atom stereocenters. The first kappa shape index (κ1) is 13.5. The fourth-order valence-electron chi connectivity index (χ4n) is 3.00. The lowest BCUT2D eigenvalue weighted by Crippen LogP contribution is -2.27. The molecular weight excluding hydrogens is 232 g/mol. The molecule has 3 unspecified atom stereocenters. The van der Waals surface area contributed by atoms with Gasteiger partial charge in [0.05, 0.1) is 0 Å². The summed E-state index contributed by atoms with van der Waals surface area (Å²) in [5, 5.41) is 0. The van der Waals surface area contributed by atoms with E-state index in [-0.39, 0.29) is 6.04 Å². The zero-order valence-corrected chi connectivity index (χ0v) is 11.0. The SMILES string of the molecule is Cc1cc(C(N)C2CCCC(C)C2)c(F)cc1F. The van der Waals surface area contributed by atoms with Crippen LogP contribution in [0, 0.1) is 30.4 Å². The van der Waals surface area contributed by atoms with Gasteiger partial charge in [-0.2, -0.15) is 0 Å². The molecule has 0 bridgehead atoms. The highest BCUT2D eigenvalue weighted by atomic mass is 19.1. The van der Waals surface area contributed by atoms with Gasteiger partial charge in [0.15, 0.2) is 0 Å². The second-order valence-electron chi connectivity index (χ2n) is 5.68. The van der Waals surface area contributed by atoms with E-state index in [1.54, 1.807) is 13.0 Å². The van der Waals surface area contributed by atoms with E-state index in [0.717, 1.165) is 25.3 Å². The molecule has 2 N–H and O–H groups in total. The van der Waals surface area contributed by atoms with Gasteiger partial charge in [0.25, 0.3) is 0 Å². The molecule has 0 heterocycles. The lowest BCUT2D eigenvalue weighted by Gasteiger charge is -2.31. The summed E-state index contributed by atoms with van der Waals surface area (Å²) in [7, 11) is 0. The molecule has 1 saturated carbocycles. The minimum atomic E-state index is -0.510. The molecule has 100 valence electrons. The molecule has 0 aliphatic heterocycles. The average molecular weight is 253 g/mol. The first-order chi connectivity index (χ1) is 8.49.